The molecule has 0 spiro atoms. The van der Waals surface area contributed by atoms with E-state index in [0.29, 0.717) is 10.9 Å². The molecule has 0 amide bonds. The fourth-order valence-corrected chi connectivity index (χ4v) is 3.01. The molecule has 2 heterocycles. The Hall–Kier alpha value is -0.0000000000000000555. The summed E-state index contributed by atoms with van der Waals surface area (Å²) in [4.78, 5) is 0.336. The van der Waals surface area contributed by atoms with Crippen LogP contribution in [0.5, 0.6) is 0 Å². The summed E-state index contributed by atoms with van der Waals surface area (Å²) < 4.78 is 5.77. The number of aromatic nitrogens is 2. The zero-order chi connectivity index (χ0) is 10.8. The third-order valence-electron chi connectivity index (χ3n) is 2.59. The molecule has 2 rings (SSSR count). The van der Waals surface area contributed by atoms with Crippen LogP contribution in [0.25, 0.3) is 0 Å². The van der Waals surface area contributed by atoms with Crippen molar-refractivity contribution in [2.75, 3.05) is 0 Å². The zero-order valence-corrected chi connectivity index (χ0v) is 11.3. The quantitative estimate of drug-likeness (QED) is 0.798. The lowest BCUT2D eigenvalue weighted by molar-refractivity contribution is 0.0550. The topological polar surface area (TPSA) is 35.0 Å². The van der Waals surface area contributed by atoms with Crippen LogP contribution in [0.3, 0.4) is 0 Å². The monoisotopic (exact) mass is 290 g/mol. The average Bonchev–Trinajstić information content (AvgIpc) is 2.84. The van der Waals surface area contributed by atoms with Gasteiger partial charge in [0.15, 0.2) is 0 Å². The van der Waals surface area contributed by atoms with E-state index in [1.54, 1.807) is 11.3 Å². The second-order valence-corrected chi connectivity index (χ2v) is 6.01. The molecule has 15 heavy (non-hydrogen) atoms. The Balaban J connectivity index is 2.07. The minimum atomic E-state index is 0.183. The van der Waals surface area contributed by atoms with E-state index in [9.17, 15) is 0 Å². The van der Waals surface area contributed by atoms with Crippen LogP contribution < -0.4 is 0 Å². The number of rotatable bonds is 3. The lowest BCUT2D eigenvalue weighted by Gasteiger charge is -2.06. The maximum atomic E-state index is 5.77. The molecule has 1 fully saturated rings. The molecular weight excluding hydrogens is 276 g/mol. The van der Waals surface area contributed by atoms with Gasteiger partial charge in [0.2, 0.25) is 0 Å². The van der Waals surface area contributed by atoms with E-state index >= 15 is 0 Å². The van der Waals surface area contributed by atoms with E-state index in [1.807, 2.05) is 0 Å². The van der Waals surface area contributed by atoms with Gasteiger partial charge in [-0.15, -0.1) is 10.2 Å². The van der Waals surface area contributed by atoms with Gasteiger partial charge in [0.25, 0.3) is 0 Å². The van der Waals surface area contributed by atoms with E-state index in [2.05, 4.69) is 40.0 Å². The van der Waals surface area contributed by atoms with Crippen LogP contribution >= 0.6 is 27.3 Å². The van der Waals surface area contributed by atoms with Crippen molar-refractivity contribution >= 4 is 27.3 Å². The van der Waals surface area contributed by atoms with Crippen molar-refractivity contribution in [3.05, 3.63) is 10.0 Å². The van der Waals surface area contributed by atoms with Crippen molar-refractivity contribution in [3.63, 3.8) is 0 Å². The van der Waals surface area contributed by atoms with Crippen molar-refractivity contribution in [1.82, 2.24) is 10.2 Å². The Morgan fingerprint density at radius 2 is 2.33 bits per heavy atom. The first-order valence-corrected chi connectivity index (χ1v) is 7.06. The van der Waals surface area contributed by atoms with Gasteiger partial charge in [0, 0.05) is 0 Å². The SMILES string of the molecule is CCC(Br)c1nnc(C2CCC(C)O2)s1. The molecule has 1 saturated heterocycles. The fraction of sp³-hybridized carbons (Fsp3) is 0.800. The third kappa shape index (κ3) is 2.57. The number of nitrogens with zero attached hydrogens (tertiary/aromatic N) is 2. The summed E-state index contributed by atoms with van der Waals surface area (Å²) in [6.45, 7) is 4.25. The first kappa shape index (κ1) is 11.5. The second-order valence-electron chi connectivity index (χ2n) is 3.87. The molecule has 0 aliphatic carbocycles. The van der Waals surface area contributed by atoms with Gasteiger partial charge >= 0.3 is 0 Å². The first-order chi connectivity index (χ1) is 7.20. The molecule has 0 saturated carbocycles. The predicted molar refractivity (Wildman–Crippen MR) is 64.4 cm³/mol. The first-order valence-electron chi connectivity index (χ1n) is 5.33. The average molecular weight is 291 g/mol. The molecule has 3 unspecified atom stereocenters. The normalized spacial score (nSPS) is 28.2. The second kappa shape index (κ2) is 4.89. The van der Waals surface area contributed by atoms with Gasteiger partial charge in [-0.1, -0.05) is 34.2 Å². The largest absolute Gasteiger partial charge is 0.368 e. The molecule has 1 aliphatic rings. The summed E-state index contributed by atoms with van der Waals surface area (Å²) in [6, 6.07) is 0. The highest BCUT2D eigenvalue weighted by Gasteiger charge is 2.27. The van der Waals surface area contributed by atoms with Gasteiger partial charge < -0.3 is 4.74 Å². The number of halogens is 1. The highest BCUT2D eigenvalue weighted by atomic mass is 79.9. The predicted octanol–water partition coefficient (Wildman–Crippen LogP) is 3.62. The number of alkyl halides is 1. The molecule has 1 aliphatic heterocycles. The molecule has 5 heteroatoms. The zero-order valence-electron chi connectivity index (χ0n) is 8.94. The lowest BCUT2D eigenvalue weighted by atomic mass is 10.2. The minimum Gasteiger partial charge on any atom is -0.368 e. The Kier molecular flexibility index (Phi) is 3.74. The smallest absolute Gasteiger partial charge is 0.146 e. The maximum Gasteiger partial charge on any atom is 0.146 e. The van der Waals surface area contributed by atoms with Gasteiger partial charge in [0.1, 0.15) is 16.1 Å². The maximum absolute atomic E-state index is 5.77. The van der Waals surface area contributed by atoms with E-state index in [0.717, 1.165) is 29.3 Å². The molecule has 1 aromatic heterocycles. The van der Waals surface area contributed by atoms with Crippen LogP contribution in [0.15, 0.2) is 0 Å². The summed E-state index contributed by atoms with van der Waals surface area (Å²) in [5.41, 5.74) is 0. The van der Waals surface area contributed by atoms with Gasteiger partial charge in [-0.05, 0) is 26.2 Å². The van der Waals surface area contributed by atoms with Crippen molar-refractivity contribution < 1.29 is 4.74 Å². The molecule has 0 bridgehead atoms. The highest BCUT2D eigenvalue weighted by Crippen LogP contribution is 2.36. The van der Waals surface area contributed by atoms with Crippen LogP contribution in [-0.4, -0.2) is 16.3 Å². The molecule has 0 aromatic carbocycles. The Bertz CT molecular complexity index is 331. The van der Waals surface area contributed by atoms with Gasteiger partial charge in [-0.3, -0.25) is 0 Å². The van der Waals surface area contributed by atoms with E-state index < -0.39 is 0 Å². The van der Waals surface area contributed by atoms with E-state index in [-0.39, 0.29) is 6.10 Å². The molecule has 3 nitrogen and oxygen atoms in total. The summed E-state index contributed by atoms with van der Waals surface area (Å²) in [6.07, 6.45) is 3.80. The van der Waals surface area contributed by atoms with Crippen molar-refractivity contribution in [2.24, 2.45) is 0 Å². The van der Waals surface area contributed by atoms with E-state index in [1.165, 1.54) is 0 Å². The molecule has 0 radical (unpaired) electrons. The number of ether oxygens (including phenoxy) is 1. The van der Waals surface area contributed by atoms with Gasteiger partial charge in [-0.25, -0.2) is 0 Å². The number of hydrogen-bond donors (Lipinski definition) is 0. The summed E-state index contributed by atoms with van der Waals surface area (Å²) in [7, 11) is 0. The van der Waals surface area contributed by atoms with Crippen molar-refractivity contribution in [3.8, 4) is 0 Å². The van der Waals surface area contributed by atoms with Crippen LogP contribution in [0.1, 0.15) is 54.1 Å². The standard InChI is InChI=1S/C10H15BrN2OS/c1-3-7(11)9-12-13-10(15-9)8-5-4-6(2)14-8/h6-8H,3-5H2,1-2H3. The number of hydrogen-bond acceptors (Lipinski definition) is 4. The van der Waals surface area contributed by atoms with Crippen molar-refractivity contribution in [1.29, 1.82) is 0 Å². The molecule has 1 aromatic rings. The Morgan fingerprint density at radius 3 is 2.93 bits per heavy atom. The Labute approximate surface area is 102 Å². The van der Waals surface area contributed by atoms with Gasteiger partial charge in [0.05, 0.1) is 10.9 Å². The molecular formula is C10H15BrN2OS. The van der Waals surface area contributed by atoms with Crippen molar-refractivity contribution in [2.45, 2.75) is 50.1 Å². The summed E-state index contributed by atoms with van der Waals surface area (Å²) in [5.74, 6) is 0. The molecule has 3 atom stereocenters. The van der Waals surface area contributed by atoms with Crippen LogP contribution in [0.4, 0.5) is 0 Å². The minimum absolute atomic E-state index is 0.183. The molecule has 84 valence electrons. The highest BCUT2D eigenvalue weighted by molar-refractivity contribution is 9.09. The summed E-state index contributed by atoms with van der Waals surface area (Å²) in [5, 5.41) is 10.5. The summed E-state index contributed by atoms with van der Waals surface area (Å²) >= 11 is 5.26. The van der Waals surface area contributed by atoms with Crippen LogP contribution in [0, 0.1) is 0 Å². The van der Waals surface area contributed by atoms with Crippen LogP contribution in [0.2, 0.25) is 0 Å². The van der Waals surface area contributed by atoms with Crippen LogP contribution in [-0.2, 0) is 4.74 Å². The lowest BCUT2D eigenvalue weighted by Crippen LogP contribution is -2.00. The molecule has 0 N–H and O–H groups in total. The Morgan fingerprint density at radius 1 is 1.53 bits per heavy atom. The fourth-order valence-electron chi connectivity index (χ4n) is 1.66. The van der Waals surface area contributed by atoms with E-state index in [4.69, 9.17) is 4.74 Å². The van der Waals surface area contributed by atoms with Gasteiger partial charge in [-0.2, -0.15) is 0 Å². The third-order valence-corrected chi connectivity index (χ3v) is 5.10.